The summed E-state index contributed by atoms with van der Waals surface area (Å²) in [7, 11) is 1.62. The van der Waals surface area contributed by atoms with Crippen LogP contribution in [0.5, 0.6) is 5.75 Å². The summed E-state index contributed by atoms with van der Waals surface area (Å²) in [6, 6.07) is 20.1. The van der Waals surface area contributed by atoms with Crippen molar-refractivity contribution < 1.29 is 14.6 Å². The molecule has 154 valence electrons. The molecule has 3 aromatic rings. The Morgan fingerprint density at radius 2 is 1.90 bits per heavy atom. The number of thioether (sulfide) groups is 1. The number of methoxy groups -OCH3 is 1. The second-order valence-electron chi connectivity index (χ2n) is 6.62. The van der Waals surface area contributed by atoms with E-state index in [2.05, 4.69) is 33.4 Å². The third-order valence-electron chi connectivity index (χ3n) is 4.43. The average Bonchev–Trinajstić information content (AvgIpc) is 2.75. The van der Waals surface area contributed by atoms with Gasteiger partial charge in [-0.2, -0.15) is 0 Å². The van der Waals surface area contributed by atoms with Crippen molar-refractivity contribution in [3.8, 4) is 5.75 Å². The zero-order chi connectivity index (χ0) is 21.5. The number of rotatable bonds is 8. The predicted octanol–water partition coefficient (Wildman–Crippen LogP) is 6.90. The molecule has 4 nitrogen and oxygen atoms in total. The molecular weight excluding hydrogens is 462 g/mol. The molecule has 0 saturated carbocycles. The van der Waals surface area contributed by atoms with Crippen LogP contribution in [0.25, 0.3) is 6.08 Å². The Kier molecular flexibility index (Phi) is 7.60. The van der Waals surface area contributed by atoms with Crippen LogP contribution in [0.1, 0.15) is 16.7 Å². The van der Waals surface area contributed by atoms with Crippen molar-refractivity contribution in [3.05, 3.63) is 87.9 Å². The minimum atomic E-state index is -0.986. The lowest BCUT2D eigenvalue weighted by Gasteiger charge is -2.16. The molecule has 0 radical (unpaired) electrons. The summed E-state index contributed by atoms with van der Waals surface area (Å²) in [6.45, 7) is 2.00. The fraction of sp³-hybridized carbons (Fsp3) is 0.125. The van der Waals surface area contributed by atoms with Crippen LogP contribution in [-0.2, 0) is 10.5 Å². The van der Waals surface area contributed by atoms with Crippen molar-refractivity contribution in [1.29, 1.82) is 0 Å². The largest absolute Gasteiger partial charge is 0.495 e. The van der Waals surface area contributed by atoms with Gasteiger partial charge >= 0.3 is 5.97 Å². The number of ether oxygens (including phenoxy) is 1. The van der Waals surface area contributed by atoms with Gasteiger partial charge in [-0.3, -0.25) is 0 Å². The molecule has 0 atom stereocenters. The molecule has 2 N–H and O–H groups in total. The van der Waals surface area contributed by atoms with E-state index in [0.717, 1.165) is 43.7 Å². The second kappa shape index (κ2) is 10.4. The lowest BCUT2D eigenvalue weighted by atomic mass is 10.1. The van der Waals surface area contributed by atoms with Crippen LogP contribution in [0.3, 0.4) is 0 Å². The highest BCUT2D eigenvalue weighted by molar-refractivity contribution is 9.10. The second-order valence-corrected chi connectivity index (χ2v) is 8.52. The first-order chi connectivity index (χ1) is 14.5. The van der Waals surface area contributed by atoms with Crippen molar-refractivity contribution in [2.45, 2.75) is 17.6 Å². The zero-order valence-corrected chi connectivity index (χ0v) is 19.1. The molecule has 0 aliphatic heterocycles. The van der Waals surface area contributed by atoms with Gasteiger partial charge < -0.3 is 15.2 Å². The lowest BCUT2D eigenvalue weighted by Crippen LogP contribution is -1.98. The lowest BCUT2D eigenvalue weighted by molar-refractivity contribution is -0.131. The summed E-state index contributed by atoms with van der Waals surface area (Å²) < 4.78 is 6.46. The molecule has 0 saturated heterocycles. The van der Waals surface area contributed by atoms with E-state index in [1.54, 1.807) is 24.9 Å². The van der Waals surface area contributed by atoms with Crippen LogP contribution < -0.4 is 10.1 Å². The summed E-state index contributed by atoms with van der Waals surface area (Å²) in [5, 5.41) is 12.5. The number of carboxylic acid groups (broad SMARTS) is 1. The number of aryl methyl sites for hydroxylation is 1. The molecule has 0 spiro atoms. The molecule has 0 aliphatic carbocycles. The normalized spacial score (nSPS) is 10.9. The van der Waals surface area contributed by atoms with E-state index in [4.69, 9.17) is 9.84 Å². The van der Waals surface area contributed by atoms with Gasteiger partial charge in [0.25, 0.3) is 0 Å². The van der Waals surface area contributed by atoms with E-state index in [-0.39, 0.29) is 0 Å². The molecule has 0 unspecified atom stereocenters. The van der Waals surface area contributed by atoms with Gasteiger partial charge in [-0.05, 0) is 60.0 Å². The van der Waals surface area contributed by atoms with Crippen LogP contribution in [0.2, 0.25) is 0 Å². The first-order valence-corrected chi connectivity index (χ1v) is 11.1. The molecule has 3 rings (SSSR count). The SMILES string of the molecule is COc1cc(Br)c(C)cc1Nc1ccc(SCc2ccccc2)cc1C=CC(=O)O. The number of hydrogen-bond acceptors (Lipinski definition) is 4. The Hall–Kier alpha value is -2.70. The van der Waals surface area contributed by atoms with Gasteiger partial charge in [-0.1, -0.05) is 46.3 Å². The zero-order valence-electron chi connectivity index (χ0n) is 16.7. The number of carbonyl (C=O) groups is 1. The Bertz CT molecular complexity index is 1070. The summed E-state index contributed by atoms with van der Waals surface area (Å²) in [5.41, 5.74) is 4.71. The maximum atomic E-state index is 11.1. The molecule has 0 amide bonds. The van der Waals surface area contributed by atoms with E-state index in [1.807, 2.05) is 55.5 Å². The van der Waals surface area contributed by atoms with Gasteiger partial charge in [-0.15, -0.1) is 11.8 Å². The fourth-order valence-electron chi connectivity index (χ4n) is 2.86. The van der Waals surface area contributed by atoms with Crippen LogP contribution in [-0.4, -0.2) is 18.2 Å². The summed E-state index contributed by atoms with van der Waals surface area (Å²) in [4.78, 5) is 12.1. The number of aliphatic carboxylic acids is 1. The third kappa shape index (κ3) is 5.90. The Labute approximate surface area is 189 Å². The molecule has 0 aliphatic rings. The average molecular weight is 484 g/mol. The molecule has 0 fully saturated rings. The topological polar surface area (TPSA) is 58.6 Å². The van der Waals surface area contributed by atoms with Crippen LogP contribution in [0, 0.1) is 6.92 Å². The van der Waals surface area contributed by atoms with Crippen molar-refractivity contribution in [2.75, 3.05) is 12.4 Å². The van der Waals surface area contributed by atoms with E-state index < -0.39 is 5.97 Å². The van der Waals surface area contributed by atoms with Crippen molar-refractivity contribution in [2.24, 2.45) is 0 Å². The number of hydrogen-bond donors (Lipinski definition) is 2. The van der Waals surface area contributed by atoms with Gasteiger partial charge in [0, 0.05) is 26.9 Å². The smallest absolute Gasteiger partial charge is 0.328 e. The van der Waals surface area contributed by atoms with Crippen LogP contribution in [0.15, 0.2) is 76.1 Å². The van der Waals surface area contributed by atoms with Crippen molar-refractivity contribution in [3.63, 3.8) is 0 Å². The van der Waals surface area contributed by atoms with Gasteiger partial charge in [0.15, 0.2) is 0 Å². The number of anilines is 2. The third-order valence-corrected chi connectivity index (χ3v) is 6.35. The van der Waals surface area contributed by atoms with Gasteiger partial charge in [0.05, 0.1) is 12.8 Å². The van der Waals surface area contributed by atoms with E-state index in [1.165, 1.54) is 5.56 Å². The molecule has 0 aromatic heterocycles. The van der Waals surface area contributed by atoms with Crippen LogP contribution >= 0.6 is 27.7 Å². The molecule has 6 heteroatoms. The number of carboxylic acids is 1. The van der Waals surface area contributed by atoms with Crippen LogP contribution in [0.4, 0.5) is 11.4 Å². The molecule has 30 heavy (non-hydrogen) atoms. The monoisotopic (exact) mass is 483 g/mol. The maximum absolute atomic E-state index is 11.1. The number of halogens is 1. The minimum absolute atomic E-state index is 0.697. The number of nitrogens with one attached hydrogen (secondary N) is 1. The molecular formula is C24H22BrNO3S. The Morgan fingerprint density at radius 3 is 2.60 bits per heavy atom. The Morgan fingerprint density at radius 1 is 1.13 bits per heavy atom. The highest BCUT2D eigenvalue weighted by Crippen LogP contribution is 2.35. The van der Waals surface area contributed by atoms with Gasteiger partial charge in [-0.25, -0.2) is 4.79 Å². The van der Waals surface area contributed by atoms with Gasteiger partial charge in [0.1, 0.15) is 5.75 Å². The van der Waals surface area contributed by atoms with Gasteiger partial charge in [0.2, 0.25) is 0 Å². The predicted molar refractivity (Wildman–Crippen MR) is 128 cm³/mol. The van der Waals surface area contributed by atoms with E-state index >= 15 is 0 Å². The number of benzene rings is 3. The van der Waals surface area contributed by atoms with E-state index in [0.29, 0.717) is 5.75 Å². The molecule has 0 heterocycles. The Balaban J connectivity index is 1.90. The van der Waals surface area contributed by atoms with Crippen molar-refractivity contribution in [1.82, 2.24) is 0 Å². The summed E-state index contributed by atoms with van der Waals surface area (Å²) >= 11 is 5.23. The quantitative estimate of drug-likeness (QED) is 0.269. The highest BCUT2D eigenvalue weighted by Gasteiger charge is 2.10. The molecule has 0 bridgehead atoms. The first kappa shape index (κ1) is 22.0. The van der Waals surface area contributed by atoms with Crippen molar-refractivity contribution >= 4 is 51.1 Å². The fourth-order valence-corrected chi connectivity index (χ4v) is 4.08. The van der Waals surface area contributed by atoms with E-state index in [9.17, 15) is 4.79 Å². The standard InChI is InChI=1S/C24H22BrNO3S/c1-16-12-22(23(29-2)14-20(16)25)26-21-10-9-19(13-18(21)8-11-24(27)28)30-15-17-6-4-3-5-7-17/h3-14,26H,15H2,1-2H3,(H,27,28). The highest BCUT2D eigenvalue weighted by atomic mass is 79.9. The minimum Gasteiger partial charge on any atom is -0.495 e. The molecule has 3 aromatic carbocycles. The summed E-state index contributed by atoms with van der Waals surface area (Å²) in [6.07, 6.45) is 2.76. The first-order valence-electron chi connectivity index (χ1n) is 9.29. The maximum Gasteiger partial charge on any atom is 0.328 e. The summed E-state index contributed by atoms with van der Waals surface area (Å²) in [5.74, 6) is 0.554.